The van der Waals surface area contributed by atoms with E-state index >= 15 is 0 Å². The number of nitrogens with one attached hydrogen (secondary N) is 1. The quantitative estimate of drug-likeness (QED) is 0.533. The third-order valence-electron chi connectivity index (χ3n) is 4.09. The maximum absolute atomic E-state index is 11.8. The van der Waals surface area contributed by atoms with Crippen LogP contribution in [-0.4, -0.2) is 19.6 Å². The Bertz CT molecular complexity index is 753. The largest absolute Gasteiger partial charge is 0.493 e. The Morgan fingerprint density at radius 3 is 2.69 bits per heavy atom. The van der Waals surface area contributed by atoms with Gasteiger partial charge in [-0.15, -0.1) is 0 Å². The van der Waals surface area contributed by atoms with E-state index in [4.69, 9.17) is 9.47 Å². The van der Waals surface area contributed by atoms with Gasteiger partial charge in [0.2, 0.25) is 5.91 Å². The molecule has 2 aromatic carbocycles. The van der Waals surface area contributed by atoms with Crippen LogP contribution in [0.25, 0.3) is 6.08 Å². The molecule has 26 heavy (non-hydrogen) atoms. The first-order chi connectivity index (χ1) is 12.6. The highest BCUT2D eigenvalue weighted by Crippen LogP contribution is 2.29. The molecule has 0 aliphatic carbocycles. The maximum atomic E-state index is 11.8. The van der Waals surface area contributed by atoms with Crippen LogP contribution in [0, 0.1) is 6.92 Å². The van der Waals surface area contributed by atoms with Crippen LogP contribution in [0.5, 0.6) is 11.5 Å². The molecule has 1 amide bonds. The van der Waals surface area contributed by atoms with Crippen LogP contribution in [-0.2, 0) is 11.4 Å². The molecule has 2 rings (SSSR count). The van der Waals surface area contributed by atoms with Crippen molar-refractivity contribution in [2.45, 2.75) is 33.3 Å². The number of amides is 1. The van der Waals surface area contributed by atoms with Gasteiger partial charge < -0.3 is 14.8 Å². The Morgan fingerprint density at radius 1 is 1.15 bits per heavy atom. The minimum atomic E-state index is -0.0858. The fourth-order valence-electron chi connectivity index (χ4n) is 2.45. The summed E-state index contributed by atoms with van der Waals surface area (Å²) < 4.78 is 11.3. The van der Waals surface area contributed by atoms with E-state index in [1.807, 2.05) is 30.3 Å². The summed E-state index contributed by atoms with van der Waals surface area (Å²) >= 11 is 0. The summed E-state index contributed by atoms with van der Waals surface area (Å²) in [4.78, 5) is 11.8. The van der Waals surface area contributed by atoms with Crippen molar-refractivity contribution < 1.29 is 14.3 Å². The number of unbranched alkanes of at least 4 members (excludes halogenated alkanes) is 1. The van der Waals surface area contributed by atoms with Gasteiger partial charge in [0.1, 0.15) is 6.61 Å². The highest BCUT2D eigenvalue weighted by molar-refractivity contribution is 5.91. The fraction of sp³-hybridized carbons (Fsp3) is 0.318. The van der Waals surface area contributed by atoms with Crippen LogP contribution < -0.4 is 14.8 Å². The Balaban J connectivity index is 2.00. The van der Waals surface area contributed by atoms with Gasteiger partial charge in [-0.1, -0.05) is 43.7 Å². The van der Waals surface area contributed by atoms with Gasteiger partial charge >= 0.3 is 0 Å². The van der Waals surface area contributed by atoms with Crippen LogP contribution >= 0.6 is 0 Å². The molecular formula is C22H27NO3. The van der Waals surface area contributed by atoms with Crippen molar-refractivity contribution in [1.29, 1.82) is 0 Å². The first-order valence-corrected chi connectivity index (χ1v) is 8.95. The highest BCUT2D eigenvalue weighted by Gasteiger charge is 2.06. The average Bonchev–Trinajstić information content (AvgIpc) is 2.66. The monoisotopic (exact) mass is 353 g/mol. The second-order valence-electron chi connectivity index (χ2n) is 6.10. The standard InChI is InChI=1S/C22H27NO3/c1-4-5-14-23-22(24)13-11-18-10-12-20(21(15-18)25-3)26-16-19-9-7-6-8-17(19)2/h6-13,15H,4-5,14,16H2,1-3H3,(H,23,24)/b13-11+. The molecule has 0 radical (unpaired) electrons. The topological polar surface area (TPSA) is 47.6 Å². The Labute approximate surface area is 155 Å². The molecule has 0 saturated heterocycles. The second-order valence-corrected chi connectivity index (χ2v) is 6.10. The summed E-state index contributed by atoms with van der Waals surface area (Å²) in [5, 5.41) is 2.86. The van der Waals surface area contributed by atoms with Crippen LogP contribution in [0.2, 0.25) is 0 Å². The van der Waals surface area contributed by atoms with Gasteiger partial charge in [-0.2, -0.15) is 0 Å². The molecule has 0 aromatic heterocycles. The third kappa shape index (κ3) is 5.96. The minimum Gasteiger partial charge on any atom is -0.493 e. The van der Waals surface area contributed by atoms with Gasteiger partial charge in [0.15, 0.2) is 11.5 Å². The first-order valence-electron chi connectivity index (χ1n) is 8.95. The lowest BCUT2D eigenvalue weighted by atomic mass is 10.1. The van der Waals surface area contributed by atoms with Gasteiger partial charge in [-0.05, 0) is 48.2 Å². The van der Waals surface area contributed by atoms with Crippen molar-refractivity contribution in [3.63, 3.8) is 0 Å². The van der Waals surface area contributed by atoms with Gasteiger partial charge in [0.05, 0.1) is 7.11 Å². The summed E-state index contributed by atoms with van der Waals surface area (Å²) in [6.45, 7) is 5.35. The van der Waals surface area contributed by atoms with Crippen LogP contribution in [0.15, 0.2) is 48.5 Å². The third-order valence-corrected chi connectivity index (χ3v) is 4.09. The van der Waals surface area contributed by atoms with Gasteiger partial charge in [0, 0.05) is 12.6 Å². The molecule has 0 saturated carbocycles. The van der Waals surface area contributed by atoms with Crippen molar-refractivity contribution >= 4 is 12.0 Å². The van der Waals surface area contributed by atoms with E-state index in [1.54, 1.807) is 13.2 Å². The molecule has 0 fully saturated rings. The van der Waals surface area contributed by atoms with E-state index in [9.17, 15) is 4.79 Å². The SMILES string of the molecule is CCCCNC(=O)/C=C/c1ccc(OCc2ccccc2C)c(OC)c1. The predicted octanol–water partition coefficient (Wildman–Crippen LogP) is 4.51. The highest BCUT2D eigenvalue weighted by atomic mass is 16.5. The van der Waals surface area contributed by atoms with Crippen LogP contribution in [0.3, 0.4) is 0 Å². The van der Waals surface area contributed by atoms with E-state index in [-0.39, 0.29) is 5.91 Å². The lowest BCUT2D eigenvalue weighted by Gasteiger charge is -2.12. The minimum absolute atomic E-state index is 0.0858. The van der Waals surface area contributed by atoms with Crippen molar-refractivity contribution in [3.8, 4) is 11.5 Å². The lowest BCUT2D eigenvalue weighted by Crippen LogP contribution is -2.21. The molecule has 0 heterocycles. The van der Waals surface area contributed by atoms with E-state index in [2.05, 4.69) is 31.3 Å². The number of carbonyl (C=O) groups is 1. The fourth-order valence-corrected chi connectivity index (χ4v) is 2.45. The average molecular weight is 353 g/mol. The van der Waals surface area contributed by atoms with E-state index < -0.39 is 0 Å². The van der Waals surface area contributed by atoms with Crippen LogP contribution in [0.1, 0.15) is 36.5 Å². The molecule has 0 spiro atoms. The number of hydrogen-bond acceptors (Lipinski definition) is 3. The zero-order chi connectivity index (χ0) is 18.8. The molecule has 0 aliphatic rings. The van der Waals surface area contributed by atoms with Crippen molar-refractivity contribution in [2.24, 2.45) is 0 Å². The lowest BCUT2D eigenvalue weighted by molar-refractivity contribution is -0.116. The second kappa shape index (κ2) is 10.3. The van der Waals surface area contributed by atoms with Crippen molar-refractivity contribution in [2.75, 3.05) is 13.7 Å². The molecule has 2 aromatic rings. The molecule has 1 N–H and O–H groups in total. The molecule has 0 bridgehead atoms. The maximum Gasteiger partial charge on any atom is 0.243 e. The molecule has 0 unspecified atom stereocenters. The van der Waals surface area contributed by atoms with Gasteiger partial charge in [-0.3, -0.25) is 4.79 Å². The number of hydrogen-bond donors (Lipinski definition) is 1. The molecule has 0 aliphatic heterocycles. The summed E-state index contributed by atoms with van der Waals surface area (Å²) in [6.07, 6.45) is 5.36. The summed E-state index contributed by atoms with van der Waals surface area (Å²) in [5.74, 6) is 1.24. The summed E-state index contributed by atoms with van der Waals surface area (Å²) in [6, 6.07) is 13.8. The van der Waals surface area contributed by atoms with Gasteiger partial charge in [-0.25, -0.2) is 0 Å². The van der Waals surface area contributed by atoms with E-state index in [1.165, 1.54) is 11.6 Å². The number of carbonyl (C=O) groups excluding carboxylic acids is 1. The number of methoxy groups -OCH3 is 1. The summed E-state index contributed by atoms with van der Waals surface area (Å²) in [7, 11) is 1.61. The molecular weight excluding hydrogens is 326 g/mol. The zero-order valence-electron chi connectivity index (χ0n) is 15.7. The predicted molar refractivity (Wildman–Crippen MR) is 105 cm³/mol. The number of benzene rings is 2. The Kier molecular flexibility index (Phi) is 7.75. The number of aryl methyl sites for hydroxylation is 1. The van der Waals surface area contributed by atoms with E-state index in [0.29, 0.717) is 24.7 Å². The number of rotatable bonds is 9. The normalized spacial score (nSPS) is 10.7. The van der Waals surface area contributed by atoms with Gasteiger partial charge in [0.25, 0.3) is 0 Å². The molecule has 4 heteroatoms. The smallest absolute Gasteiger partial charge is 0.243 e. The molecule has 4 nitrogen and oxygen atoms in total. The molecule has 0 atom stereocenters. The zero-order valence-corrected chi connectivity index (χ0v) is 15.7. The molecule has 138 valence electrons. The van der Waals surface area contributed by atoms with E-state index in [0.717, 1.165) is 24.0 Å². The first kappa shape index (κ1) is 19.6. The van der Waals surface area contributed by atoms with Crippen LogP contribution in [0.4, 0.5) is 0 Å². The Morgan fingerprint density at radius 2 is 1.96 bits per heavy atom. The van der Waals surface area contributed by atoms with Crippen molar-refractivity contribution in [1.82, 2.24) is 5.32 Å². The number of ether oxygens (including phenoxy) is 2. The summed E-state index contributed by atoms with van der Waals surface area (Å²) in [5.41, 5.74) is 3.22. The Hall–Kier alpha value is -2.75. The van der Waals surface area contributed by atoms with Crippen molar-refractivity contribution in [3.05, 3.63) is 65.2 Å².